The number of rotatable bonds is 2. The maximum absolute atomic E-state index is 3.54. The van der Waals surface area contributed by atoms with Crippen molar-refractivity contribution >= 4 is 10.9 Å². The lowest BCUT2D eigenvalue weighted by atomic mass is 9.89. The molecule has 1 heteroatoms. The van der Waals surface area contributed by atoms with Gasteiger partial charge in [-0.05, 0) is 43.2 Å². The molecule has 1 unspecified atom stereocenters. The summed E-state index contributed by atoms with van der Waals surface area (Å²) >= 11 is 0. The number of aryl methyl sites for hydroxylation is 2. The van der Waals surface area contributed by atoms with Crippen LogP contribution in [0.4, 0.5) is 0 Å². The molecule has 1 atom stereocenters. The van der Waals surface area contributed by atoms with Crippen LogP contribution in [-0.4, -0.2) is 4.98 Å². The lowest BCUT2D eigenvalue weighted by molar-refractivity contribution is 1.04. The average molecular weight is 335 g/mol. The Kier molecular flexibility index (Phi) is 4.33. The smallest absolute Gasteiger partial charge is 0.0729 e. The van der Waals surface area contributed by atoms with Crippen molar-refractivity contribution in [2.75, 3.05) is 0 Å². The van der Waals surface area contributed by atoms with E-state index in [0.29, 0.717) is 0 Å². The van der Waals surface area contributed by atoms with Gasteiger partial charge >= 0.3 is 0 Å². The summed E-state index contributed by atoms with van der Waals surface area (Å²) in [7, 11) is 0. The summed E-state index contributed by atoms with van der Waals surface area (Å²) in [6.45, 7) is 4.26. The molecule has 1 N–H and O–H groups in total. The van der Waals surface area contributed by atoms with Gasteiger partial charge in [-0.3, -0.25) is 0 Å². The molecule has 126 valence electrons. The van der Waals surface area contributed by atoms with E-state index >= 15 is 0 Å². The molecule has 26 heavy (non-hydrogen) atoms. The zero-order chi connectivity index (χ0) is 17.9. The summed E-state index contributed by atoms with van der Waals surface area (Å²) in [5, 5.41) is 1.25. The second-order valence-corrected chi connectivity index (χ2v) is 6.69. The van der Waals surface area contributed by atoms with Gasteiger partial charge in [0, 0.05) is 22.2 Å². The van der Waals surface area contributed by atoms with Gasteiger partial charge in [0.1, 0.15) is 0 Å². The third kappa shape index (κ3) is 3.15. The highest BCUT2D eigenvalue weighted by atomic mass is 14.7. The maximum atomic E-state index is 3.54. The summed E-state index contributed by atoms with van der Waals surface area (Å²) < 4.78 is 0. The number of benzene rings is 3. The molecule has 1 aromatic heterocycles. The Balaban J connectivity index is 1.89. The molecule has 4 rings (SSSR count). The van der Waals surface area contributed by atoms with E-state index in [1.54, 1.807) is 0 Å². The Hall–Kier alpha value is -3.24. The van der Waals surface area contributed by atoms with E-state index < -0.39 is 0 Å². The molecule has 1 nitrogen and oxygen atoms in total. The van der Waals surface area contributed by atoms with E-state index in [0.717, 1.165) is 5.56 Å². The van der Waals surface area contributed by atoms with Gasteiger partial charge in [-0.1, -0.05) is 78.1 Å². The van der Waals surface area contributed by atoms with Crippen molar-refractivity contribution < 1.29 is 0 Å². The van der Waals surface area contributed by atoms with Crippen molar-refractivity contribution in [2.45, 2.75) is 19.8 Å². The van der Waals surface area contributed by atoms with Crippen LogP contribution in [0.1, 0.15) is 33.9 Å². The monoisotopic (exact) mass is 335 g/mol. The number of aromatic amines is 1. The van der Waals surface area contributed by atoms with Crippen LogP contribution in [0, 0.1) is 25.7 Å². The van der Waals surface area contributed by atoms with Crippen LogP contribution in [0.15, 0.2) is 78.9 Å². The first-order chi connectivity index (χ1) is 12.7. The van der Waals surface area contributed by atoms with Crippen LogP contribution in [0.5, 0.6) is 0 Å². The number of aromatic nitrogens is 1. The molecule has 3 aromatic carbocycles. The van der Waals surface area contributed by atoms with Gasteiger partial charge in [0.2, 0.25) is 0 Å². The summed E-state index contributed by atoms with van der Waals surface area (Å²) in [6, 6.07) is 27.4. The van der Waals surface area contributed by atoms with Crippen LogP contribution in [-0.2, 0) is 0 Å². The highest BCUT2D eigenvalue weighted by molar-refractivity contribution is 5.86. The highest BCUT2D eigenvalue weighted by Crippen LogP contribution is 2.33. The van der Waals surface area contributed by atoms with E-state index in [1.165, 1.54) is 33.3 Å². The molecule has 1 heterocycles. The van der Waals surface area contributed by atoms with Crippen LogP contribution in [0.2, 0.25) is 0 Å². The van der Waals surface area contributed by atoms with Gasteiger partial charge in [-0.25, -0.2) is 0 Å². The molecule has 0 amide bonds. The summed E-state index contributed by atoms with van der Waals surface area (Å²) in [4.78, 5) is 3.52. The molecule has 0 spiro atoms. The van der Waals surface area contributed by atoms with Crippen LogP contribution >= 0.6 is 0 Å². The van der Waals surface area contributed by atoms with Gasteiger partial charge in [-0.2, -0.15) is 0 Å². The van der Waals surface area contributed by atoms with Crippen molar-refractivity contribution in [2.24, 2.45) is 0 Å². The maximum Gasteiger partial charge on any atom is 0.0729 e. The third-order valence-corrected chi connectivity index (χ3v) is 4.78. The summed E-state index contributed by atoms with van der Waals surface area (Å²) in [5.41, 5.74) is 7.15. The first-order valence-corrected chi connectivity index (χ1v) is 8.93. The Morgan fingerprint density at radius 1 is 0.769 bits per heavy atom. The minimum atomic E-state index is 0.0342. The van der Waals surface area contributed by atoms with Crippen LogP contribution in [0.3, 0.4) is 0 Å². The largest absolute Gasteiger partial charge is 0.358 e. The van der Waals surface area contributed by atoms with Crippen molar-refractivity contribution in [1.29, 1.82) is 0 Å². The Morgan fingerprint density at radius 3 is 2.23 bits per heavy atom. The van der Waals surface area contributed by atoms with E-state index in [2.05, 4.69) is 91.3 Å². The topological polar surface area (TPSA) is 15.8 Å². The van der Waals surface area contributed by atoms with Gasteiger partial charge in [-0.15, -0.1) is 0 Å². The zero-order valence-corrected chi connectivity index (χ0v) is 15.1. The fourth-order valence-electron chi connectivity index (χ4n) is 3.43. The van der Waals surface area contributed by atoms with Crippen molar-refractivity contribution in [3.05, 3.63) is 107 Å². The molecule has 4 aromatic rings. The molecular weight excluding hydrogens is 314 g/mol. The van der Waals surface area contributed by atoms with Crippen molar-refractivity contribution in [3.8, 4) is 11.8 Å². The van der Waals surface area contributed by atoms with Crippen molar-refractivity contribution in [3.63, 3.8) is 0 Å². The summed E-state index contributed by atoms with van der Waals surface area (Å²) in [5.74, 6) is 6.95. The number of H-pyrrole nitrogens is 1. The molecule has 0 radical (unpaired) electrons. The second-order valence-electron chi connectivity index (χ2n) is 6.69. The second kappa shape index (κ2) is 6.94. The van der Waals surface area contributed by atoms with Gasteiger partial charge < -0.3 is 4.98 Å². The Labute approximate surface area is 154 Å². The first-order valence-electron chi connectivity index (χ1n) is 8.93. The minimum Gasteiger partial charge on any atom is -0.358 e. The highest BCUT2D eigenvalue weighted by Gasteiger charge is 2.19. The van der Waals surface area contributed by atoms with Gasteiger partial charge in [0.15, 0.2) is 0 Å². The predicted octanol–water partition coefficient (Wildman–Crippen LogP) is 5.97. The fraction of sp³-hybridized carbons (Fsp3) is 0.120. The Morgan fingerprint density at radius 2 is 1.46 bits per heavy atom. The predicted molar refractivity (Wildman–Crippen MR) is 109 cm³/mol. The quantitative estimate of drug-likeness (QED) is 0.434. The molecular formula is C25H21N. The number of nitrogens with one attached hydrogen (secondary N) is 1. The molecule has 0 bridgehead atoms. The average Bonchev–Trinajstić information content (AvgIpc) is 3.00. The van der Waals surface area contributed by atoms with Crippen LogP contribution < -0.4 is 0 Å². The van der Waals surface area contributed by atoms with Crippen LogP contribution in [0.25, 0.3) is 10.9 Å². The molecule has 0 aliphatic heterocycles. The zero-order valence-electron chi connectivity index (χ0n) is 15.1. The molecule has 0 saturated carbocycles. The lowest BCUT2D eigenvalue weighted by Crippen LogP contribution is -2.00. The fourth-order valence-corrected chi connectivity index (χ4v) is 3.43. The van der Waals surface area contributed by atoms with Gasteiger partial charge in [0.25, 0.3) is 0 Å². The molecule has 0 aliphatic rings. The number of hydrogen-bond donors (Lipinski definition) is 1. The standard InChI is InChI=1S/C25H21N/c1-18-12-15-21(16-13-18)22(17-14-20-8-4-3-5-9-20)25-19(2)26-24-11-7-6-10-23(24)25/h3-13,15-16,22,26H,1-2H3. The molecule has 0 fully saturated rings. The summed E-state index contributed by atoms with van der Waals surface area (Å²) in [6.07, 6.45) is 0. The van der Waals surface area contributed by atoms with Gasteiger partial charge in [0.05, 0.1) is 5.92 Å². The molecule has 0 saturated heterocycles. The lowest BCUT2D eigenvalue weighted by Gasteiger charge is -2.13. The third-order valence-electron chi connectivity index (χ3n) is 4.78. The van der Waals surface area contributed by atoms with E-state index in [-0.39, 0.29) is 5.92 Å². The Bertz CT molecular complexity index is 1090. The number of hydrogen-bond acceptors (Lipinski definition) is 0. The number of para-hydroxylation sites is 1. The SMILES string of the molecule is Cc1ccc(C(C#Cc2ccccc2)c2c(C)[nH]c3ccccc23)cc1. The van der Waals surface area contributed by atoms with E-state index in [1.807, 2.05) is 18.2 Å². The van der Waals surface area contributed by atoms with E-state index in [9.17, 15) is 0 Å². The first kappa shape index (κ1) is 16.2. The molecule has 0 aliphatic carbocycles. The van der Waals surface area contributed by atoms with Crippen molar-refractivity contribution in [1.82, 2.24) is 4.98 Å². The number of fused-ring (bicyclic) bond motifs is 1. The normalized spacial score (nSPS) is 11.8. The minimum absolute atomic E-state index is 0.0342. The van der Waals surface area contributed by atoms with E-state index in [4.69, 9.17) is 0 Å².